The lowest BCUT2D eigenvalue weighted by molar-refractivity contribution is -0.705. The number of hydrogen-bond donors (Lipinski definition) is 1. The molecule has 1 atom stereocenters. The minimum Gasteiger partial charge on any atom is -0.538 e. The Bertz CT molecular complexity index is 1030. The molecule has 150 valence electrons. The van der Waals surface area contributed by atoms with Crippen LogP contribution in [-0.4, -0.2) is 29.5 Å². The largest absolute Gasteiger partial charge is 0.538 e. The molecule has 1 amide bonds. The van der Waals surface area contributed by atoms with E-state index >= 15 is 0 Å². The first-order valence-electron chi connectivity index (χ1n) is 8.71. The number of carbonyl (C=O) groups is 2. The molecule has 0 bridgehead atoms. The van der Waals surface area contributed by atoms with Gasteiger partial charge >= 0.3 is 5.97 Å². The van der Waals surface area contributed by atoms with E-state index in [-0.39, 0.29) is 16.5 Å². The van der Waals surface area contributed by atoms with Crippen LogP contribution in [0.1, 0.15) is 22.8 Å². The van der Waals surface area contributed by atoms with Crippen LogP contribution in [0.2, 0.25) is 0 Å². The average molecular weight is 413 g/mol. The van der Waals surface area contributed by atoms with Crippen LogP contribution in [0.5, 0.6) is 5.95 Å². The fraction of sp³-hybridized carbons (Fsp3) is 0.200. The Labute approximate surface area is 171 Å². The minimum absolute atomic E-state index is 0.178. The second-order valence-electron chi connectivity index (χ2n) is 6.20. The van der Waals surface area contributed by atoms with Gasteiger partial charge in [0.1, 0.15) is 0 Å². The van der Waals surface area contributed by atoms with Crippen LogP contribution in [0.3, 0.4) is 0 Å². The first-order chi connectivity index (χ1) is 13.9. The van der Waals surface area contributed by atoms with E-state index in [9.17, 15) is 14.7 Å². The molecular formula is C20H19N3O5S. The zero-order valence-electron chi connectivity index (χ0n) is 16.0. The summed E-state index contributed by atoms with van der Waals surface area (Å²) >= 11 is 1.02. The van der Waals surface area contributed by atoms with Crippen molar-refractivity contribution >= 4 is 29.3 Å². The number of hydrogen-bond acceptors (Lipinski definition) is 7. The number of aryl methyl sites for hydroxylation is 1. The molecule has 0 aliphatic carbocycles. The number of anilines is 1. The number of nitrogens with one attached hydrogen (secondary N) is 1. The Hall–Kier alpha value is -3.33. The van der Waals surface area contributed by atoms with Crippen LogP contribution in [0.15, 0.2) is 58.1 Å². The van der Waals surface area contributed by atoms with Crippen molar-refractivity contribution in [3.8, 4) is 11.6 Å². The van der Waals surface area contributed by atoms with E-state index in [1.54, 1.807) is 43.3 Å². The fourth-order valence-corrected chi connectivity index (χ4v) is 3.40. The number of amides is 1. The summed E-state index contributed by atoms with van der Waals surface area (Å²) in [6.45, 7) is 3.59. The van der Waals surface area contributed by atoms with Crippen LogP contribution >= 0.6 is 11.8 Å². The van der Waals surface area contributed by atoms with Crippen LogP contribution in [0, 0.1) is 6.92 Å². The van der Waals surface area contributed by atoms with Gasteiger partial charge in [-0.25, -0.2) is 4.79 Å². The standard InChI is InChI=1S/C20H19N3O5S/c1-12-8-10-14(11-9-12)23-18(20(26)28-22-23)29-13(2)17(24)21-16-7-5-4-6-15(16)19(25)27-3/h4-11,13H,1-3H3,(H-,21,22,24,25,26). The number of para-hydroxylation sites is 1. The Balaban J connectivity index is 1.79. The van der Waals surface area contributed by atoms with Gasteiger partial charge in [0, 0.05) is 12.1 Å². The van der Waals surface area contributed by atoms with Crippen molar-refractivity contribution in [2.24, 2.45) is 0 Å². The highest BCUT2D eigenvalue weighted by Crippen LogP contribution is 2.28. The summed E-state index contributed by atoms with van der Waals surface area (Å²) in [5.41, 5.74) is 2.28. The average Bonchev–Trinajstić information content (AvgIpc) is 3.08. The van der Waals surface area contributed by atoms with Crippen molar-refractivity contribution in [1.82, 2.24) is 5.27 Å². The smallest absolute Gasteiger partial charge is 0.339 e. The van der Waals surface area contributed by atoms with Gasteiger partial charge in [0.15, 0.2) is 5.95 Å². The van der Waals surface area contributed by atoms with E-state index in [2.05, 4.69) is 10.6 Å². The maximum atomic E-state index is 12.7. The molecular weight excluding hydrogens is 394 g/mol. The van der Waals surface area contributed by atoms with Crippen molar-refractivity contribution in [3.05, 3.63) is 59.7 Å². The zero-order chi connectivity index (χ0) is 21.0. The molecule has 0 saturated carbocycles. The minimum atomic E-state index is -0.662. The molecule has 29 heavy (non-hydrogen) atoms. The monoisotopic (exact) mass is 413 g/mol. The summed E-state index contributed by atoms with van der Waals surface area (Å²) in [7, 11) is 1.27. The van der Waals surface area contributed by atoms with E-state index in [0.29, 0.717) is 11.4 Å². The Morgan fingerprint density at radius 2 is 1.90 bits per heavy atom. The maximum Gasteiger partial charge on any atom is 0.339 e. The van der Waals surface area contributed by atoms with Gasteiger partial charge in [-0.2, -0.15) is 0 Å². The van der Waals surface area contributed by atoms with Gasteiger partial charge < -0.3 is 19.7 Å². The lowest BCUT2D eigenvalue weighted by Gasteiger charge is -2.12. The number of carbonyl (C=O) groups excluding carboxylic acids is 2. The molecule has 0 aliphatic rings. The van der Waals surface area contributed by atoms with E-state index in [1.807, 2.05) is 19.1 Å². The molecule has 0 fully saturated rings. The summed E-state index contributed by atoms with van der Waals surface area (Å²) in [5, 5.41) is 18.1. The van der Waals surface area contributed by atoms with Crippen molar-refractivity contribution in [3.63, 3.8) is 0 Å². The van der Waals surface area contributed by atoms with Gasteiger partial charge in [0.05, 0.1) is 28.9 Å². The SMILES string of the molecule is COC(=O)c1ccccc1NC(=O)C(C)Sc1c([O-])on[n+]1-c1ccc(C)cc1. The van der Waals surface area contributed by atoms with Crippen LogP contribution in [0.25, 0.3) is 5.69 Å². The highest BCUT2D eigenvalue weighted by molar-refractivity contribution is 8.00. The number of aromatic nitrogens is 2. The van der Waals surface area contributed by atoms with Gasteiger partial charge in [-0.05, 0) is 42.4 Å². The molecule has 3 aromatic rings. The van der Waals surface area contributed by atoms with Crippen molar-refractivity contribution in [2.45, 2.75) is 24.1 Å². The molecule has 0 aliphatic heterocycles. The molecule has 3 rings (SSSR count). The summed E-state index contributed by atoms with van der Waals surface area (Å²) < 4.78 is 10.9. The van der Waals surface area contributed by atoms with Crippen molar-refractivity contribution < 1.29 is 28.6 Å². The quantitative estimate of drug-likeness (QED) is 0.375. The number of thioether (sulfide) groups is 1. The van der Waals surface area contributed by atoms with Gasteiger partial charge in [0.25, 0.3) is 5.03 Å². The van der Waals surface area contributed by atoms with E-state index < -0.39 is 17.2 Å². The summed E-state index contributed by atoms with van der Waals surface area (Å²) in [4.78, 5) is 24.5. The third-order valence-electron chi connectivity index (χ3n) is 4.10. The first-order valence-corrected chi connectivity index (χ1v) is 9.59. The van der Waals surface area contributed by atoms with Gasteiger partial charge in [-0.1, -0.05) is 29.8 Å². The van der Waals surface area contributed by atoms with E-state index in [1.165, 1.54) is 11.8 Å². The van der Waals surface area contributed by atoms with E-state index in [4.69, 9.17) is 9.26 Å². The lowest BCUT2D eigenvalue weighted by atomic mass is 10.2. The van der Waals surface area contributed by atoms with Crippen molar-refractivity contribution in [1.29, 1.82) is 0 Å². The number of methoxy groups -OCH3 is 1. The predicted octanol–water partition coefficient (Wildman–Crippen LogP) is 2.24. The number of benzene rings is 2. The van der Waals surface area contributed by atoms with Crippen molar-refractivity contribution in [2.75, 3.05) is 12.4 Å². The summed E-state index contributed by atoms with van der Waals surface area (Å²) in [6, 6.07) is 13.9. The zero-order valence-corrected chi connectivity index (χ0v) is 16.9. The topological polar surface area (TPSA) is 108 Å². The fourth-order valence-electron chi connectivity index (χ4n) is 2.52. The van der Waals surface area contributed by atoms with Gasteiger partial charge in [-0.3, -0.25) is 4.79 Å². The third-order valence-corrected chi connectivity index (χ3v) is 5.23. The molecule has 2 aromatic carbocycles. The third kappa shape index (κ3) is 4.57. The second kappa shape index (κ2) is 8.78. The molecule has 0 spiro atoms. The molecule has 1 aromatic heterocycles. The second-order valence-corrected chi connectivity index (χ2v) is 7.53. The number of nitrogens with zero attached hydrogens (tertiary/aromatic N) is 2. The molecule has 1 unspecified atom stereocenters. The normalized spacial score (nSPS) is 11.7. The lowest BCUT2D eigenvalue weighted by Crippen LogP contribution is -2.36. The Morgan fingerprint density at radius 3 is 2.59 bits per heavy atom. The highest BCUT2D eigenvalue weighted by Gasteiger charge is 2.27. The van der Waals surface area contributed by atoms with Gasteiger partial charge in [0.2, 0.25) is 11.6 Å². The summed E-state index contributed by atoms with van der Waals surface area (Å²) in [5.74, 6) is -1.58. The number of esters is 1. The molecule has 1 heterocycles. The molecule has 9 heteroatoms. The Kier molecular flexibility index (Phi) is 6.18. The van der Waals surface area contributed by atoms with Crippen LogP contribution < -0.4 is 15.1 Å². The van der Waals surface area contributed by atoms with Crippen LogP contribution in [0.4, 0.5) is 5.69 Å². The Morgan fingerprint density at radius 1 is 1.21 bits per heavy atom. The summed E-state index contributed by atoms with van der Waals surface area (Å²) in [6.07, 6.45) is 0. The number of ether oxygens (including phenoxy) is 1. The molecule has 0 saturated heterocycles. The van der Waals surface area contributed by atoms with Crippen LogP contribution in [-0.2, 0) is 9.53 Å². The predicted molar refractivity (Wildman–Crippen MR) is 104 cm³/mol. The first kappa shape index (κ1) is 20.4. The van der Waals surface area contributed by atoms with Gasteiger partial charge in [-0.15, -0.1) is 0 Å². The number of rotatable bonds is 6. The maximum absolute atomic E-state index is 12.7. The van der Waals surface area contributed by atoms with E-state index in [0.717, 1.165) is 17.3 Å². The molecule has 1 N–H and O–H groups in total. The highest BCUT2D eigenvalue weighted by atomic mass is 32.2. The molecule has 0 radical (unpaired) electrons. The molecule has 8 nitrogen and oxygen atoms in total.